The molecule has 1 fully saturated rings. The Labute approximate surface area is 116 Å². The Kier molecular flexibility index (Phi) is 4.54. The van der Waals surface area contributed by atoms with E-state index in [4.69, 9.17) is 0 Å². The van der Waals surface area contributed by atoms with E-state index in [0.29, 0.717) is 25.9 Å². The maximum Gasteiger partial charge on any atom is 0.312 e. The Morgan fingerprint density at radius 1 is 1.68 bits per heavy atom. The number of aliphatic hydroxyl groups is 1. The van der Waals surface area contributed by atoms with Gasteiger partial charge in [-0.15, -0.1) is 11.3 Å². The van der Waals surface area contributed by atoms with Gasteiger partial charge in [0.2, 0.25) is 0 Å². The van der Waals surface area contributed by atoms with Crippen LogP contribution in [0.3, 0.4) is 0 Å². The number of nitrogens with zero attached hydrogens (tertiary/aromatic N) is 2. The third-order valence-corrected chi connectivity index (χ3v) is 4.69. The molecule has 5 nitrogen and oxygen atoms in total. The maximum atomic E-state index is 11.5. The Hall–Kier alpha value is -0.980. The van der Waals surface area contributed by atoms with Crippen molar-refractivity contribution in [2.75, 3.05) is 13.1 Å². The molecule has 106 valence electrons. The number of aliphatic hydroxyl groups excluding tert-OH is 1. The van der Waals surface area contributed by atoms with Gasteiger partial charge in [0.1, 0.15) is 0 Å². The number of aliphatic carboxylic acids is 1. The predicted molar refractivity (Wildman–Crippen MR) is 73.0 cm³/mol. The summed E-state index contributed by atoms with van der Waals surface area (Å²) < 4.78 is 0. The third-order valence-electron chi connectivity index (χ3n) is 3.93. The zero-order chi connectivity index (χ0) is 13.9. The van der Waals surface area contributed by atoms with E-state index in [9.17, 15) is 15.0 Å². The second kappa shape index (κ2) is 5.98. The fourth-order valence-electron chi connectivity index (χ4n) is 2.81. The highest BCUT2D eigenvalue weighted by molar-refractivity contribution is 7.09. The molecule has 1 aromatic heterocycles. The van der Waals surface area contributed by atoms with E-state index in [1.807, 2.05) is 13.1 Å². The molecule has 2 rings (SSSR count). The number of carboxylic acid groups (broad SMARTS) is 1. The lowest BCUT2D eigenvalue weighted by atomic mass is 9.73. The third kappa shape index (κ3) is 2.96. The standard InChI is InChI=1S/C13H20N2O3S/c1-2-3-13(12(17)18)4-5-15(8-11(13)16)7-10-6-14-9-19-10/h6,9,11,16H,2-5,7-8H2,1H3,(H,17,18)/t11-,13+/m1/s1. The van der Waals surface area contributed by atoms with Gasteiger partial charge in [-0.05, 0) is 19.4 Å². The van der Waals surface area contributed by atoms with Crippen molar-refractivity contribution in [3.63, 3.8) is 0 Å². The number of rotatable bonds is 5. The molecule has 6 heteroatoms. The molecule has 0 saturated carbocycles. The van der Waals surface area contributed by atoms with Crippen LogP contribution in [0.15, 0.2) is 11.7 Å². The Morgan fingerprint density at radius 2 is 2.47 bits per heavy atom. The summed E-state index contributed by atoms with van der Waals surface area (Å²) in [4.78, 5) is 18.8. The first-order valence-electron chi connectivity index (χ1n) is 6.59. The number of likely N-dealkylation sites (tertiary alicyclic amines) is 1. The molecule has 2 atom stereocenters. The summed E-state index contributed by atoms with van der Waals surface area (Å²) in [7, 11) is 0. The van der Waals surface area contributed by atoms with E-state index in [2.05, 4.69) is 9.88 Å². The summed E-state index contributed by atoms with van der Waals surface area (Å²) in [6.07, 6.45) is 2.85. The van der Waals surface area contributed by atoms with Crippen LogP contribution in [0.5, 0.6) is 0 Å². The smallest absolute Gasteiger partial charge is 0.312 e. The number of β-amino-alcohol motifs (C(OH)–C–C–N with tert-alkyl or cyclic N) is 1. The van der Waals surface area contributed by atoms with Crippen LogP contribution >= 0.6 is 11.3 Å². The minimum atomic E-state index is -0.959. The Bertz CT molecular complexity index is 424. The highest BCUT2D eigenvalue weighted by atomic mass is 32.1. The monoisotopic (exact) mass is 284 g/mol. The molecule has 0 amide bonds. The van der Waals surface area contributed by atoms with Gasteiger partial charge in [-0.3, -0.25) is 14.7 Å². The van der Waals surface area contributed by atoms with Gasteiger partial charge in [0.25, 0.3) is 0 Å². The Morgan fingerprint density at radius 3 is 3.00 bits per heavy atom. The SMILES string of the molecule is CCC[C@]1(C(=O)O)CCN(Cc2cncs2)C[C@H]1O. The lowest BCUT2D eigenvalue weighted by molar-refractivity contribution is -0.164. The molecular weight excluding hydrogens is 264 g/mol. The van der Waals surface area contributed by atoms with E-state index in [-0.39, 0.29) is 0 Å². The van der Waals surface area contributed by atoms with Crippen molar-refractivity contribution in [2.45, 2.75) is 38.8 Å². The summed E-state index contributed by atoms with van der Waals surface area (Å²) in [5.74, 6) is -0.862. The first-order valence-corrected chi connectivity index (χ1v) is 7.47. The van der Waals surface area contributed by atoms with Crippen LogP contribution in [-0.2, 0) is 11.3 Å². The van der Waals surface area contributed by atoms with Gasteiger partial charge >= 0.3 is 5.97 Å². The summed E-state index contributed by atoms with van der Waals surface area (Å²) in [5.41, 5.74) is 0.827. The van der Waals surface area contributed by atoms with Crippen molar-refractivity contribution in [3.05, 3.63) is 16.6 Å². The summed E-state index contributed by atoms with van der Waals surface area (Å²) in [5, 5.41) is 19.7. The van der Waals surface area contributed by atoms with Crippen molar-refractivity contribution in [1.82, 2.24) is 9.88 Å². The molecule has 1 aliphatic rings. The molecule has 2 N–H and O–H groups in total. The largest absolute Gasteiger partial charge is 0.481 e. The van der Waals surface area contributed by atoms with Gasteiger partial charge in [-0.25, -0.2) is 0 Å². The molecule has 2 heterocycles. The molecule has 0 aliphatic carbocycles. The van der Waals surface area contributed by atoms with Crippen LogP contribution in [0, 0.1) is 5.41 Å². The molecule has 0 bridgehead atoms. The minimum absolute atomic E-state index is 0.421. The number of hydrogen-bond donors (Lipinski definition) is 2. The lowest BCUT2D eigenvalue weighted by Crippen LogP contribution is -2.54. The van der Waals surface area contributed by atoms with E-state index in [1.54, 1.807) is 16.8 Å². The van der Waals surface area contributed by atoms with E-state index in [0.717, 1.165) is 17.8 Å². The molecule has 19 heavy (non-hydrogen) atoms. The summed E-state index contributed by atoms with van der Waals surface area (Å²) in [6.45, 7) is 3.83. The molecule has 1 aliphatic heterocycles. The average Bonchev–Trinajstić information content (AvgIpc) is 2.85. The van der Waals surface area contributed by atoms with Crippen LogP contribution in [0.2, 0.25) is 0 Å². The minimum Gasteiger partial charge on any atom is -0.481 e. The van der Waals surface area contributed by atoms with Gasteiger partial charge < -0.3 is 10.2 Å². The molecule has 0 radical (unpaired) electrons. The van der Waals surface area contributed by atoms with Crippen molar-refractivity contribution in [3.8, 4) is 0 Å². The van der Waals surface area contributed by atoms with Crippen LogP contribution in [0.25, 0.3) is 0 Å². The second-order valence-corrected chi connectivity index (χ2v) is 6.15. The zero-order valence-electron chi connectivity index (χ0n) is 11.1. The van der Waals surface area contributed by atoms with Crippen molar-refractivity contribution >= 4 is 17.3 Å². The number of carboxylic acids is 1. The van der Waals surface area contributed by atoms with E-state index < -0.39 is 17.5 Å². The second-order valence-electron chi connectivity index (χ2n) is 5.18. The highest BCUT2D eigenvalue weighted by Crippen LogP contribution is 2.37. The predicted octanol–water partition coefficient (Wildman–Crippen LogP) is 1.58. The fourth-order valence-corrected chi connectivity index (χ4v) is 3.45. The van der Waals surface area contributed by atoms with Crippen LogP contribution in [0.1, 0.15) is 31.1 Å². The van der Waals surface area contributed by atoms with Gasteiger partial charge in [0, 0.05) is 24.2 Å². The van der Waals surface area contributed by atoms with Crippen molar-refractivity contribution in [2.24, 2.45) is 5.41 Å². The van der Waals surface area contributed by atoms with E-state index in [1.165, 1.54) is 0 Å². The van der Waals surface area contributed by atoms with Crippen LogP contribution in [0.4, 0.5) is 0 Å². The Balaban J connectivity index is 2.02. The average molecular weight is 284 g/mol. The zero-order valence-corrected chi connectivity index (χ0v) is 11.9. The first-order chi connectivity index (χ1) is 9.08. The van der Waals surface area contributed by atoms with Crippen molar-refractivity contribution in [1.29, 1.82) is 0 Å². The van der Waals surface area contributed by atoms with Gasteiger partial charge in [-0.2, -0.15) is 0 Å². The van der Waals surface area contributed by atoms with Crippen molar-refractivity contribution < 1.29 is 15.0 Å². The normalized spacial score (nSPS) is 28.4. The number of thiazole rings is 1. The molecular formula is C13H20N2O3S. The highest BCUT2D eigenvalue weighted by Gasteiger charge is 2.47. The summed E-state index contributed by atoms with van der Waals surface area (Å²) in [6, 6.07) is 0. The number of aromatic nitrogens is 1. The molecule has 0 aromatic carbocycles. The number of piperidine rings is 1. The van der Waals surface area contributed by atoms with Gasteiger partial charge in [0.15, 0.2) is 0 Å². The molecule has 1 saturated heterocycles. The van der Waals surface area contributed by atoms with Gasteiger partial charge in [0.05, 0.1) is 17.0 Å². The van der Waals surface area contributed by atoms with Gasteiger partial charge in [-0.1, -0.05) is 13.3 Å². The maximum absolute atomic E-state index is 11.5. The first kappa shape index (κ1) is 14.4. The molecule has 1 aromatic rings. The van der Waals surface area contributed by atoms with Crippen LogP contribution in [-0.4, -0.2) is 45.3 Å². The molecule has 0 spiro atoms. The number of carbonyl (C=O) groups is 1. The van der Waals surface area contributed by atoms with E-state index >= 15 is 0 Å². The fraction of sp³-hybridized carbons (Fsp3) is 0.692. The molecule has 0 unspecified atom stereocenters. The lowest BCUT2D eigenvalue weighted by Gasteiger charge is -2.42. The summed E-state index contributed by atoms with van der Waals surface area (Å²) >= 11 is 1.58. The quantitative estimate of drug-likeness (QED) is 0.859. The topological polar surface area (TPSA) is 73.7 Å². The number of hydrogen-bond acceptors (Lipinski definition) is 5. The van der Waals surface area contributed by atoms with Crippen LogP contribution < -0.4 is 0 Å².